The van der Waals surface area contributed by atoms with Gasteiger partial charge in [-0.15, -0.1) is 0 Å². The Kier molecular flexibility index (Phi) is 133. The van der Waals surface area contributed by atoms with Gasteiger partial charge in [0.2, 0.25) is 0 Å². The molecule has 0 rings (SSSR count). The van der Waals surface area contributed by atoms with Crippen LogP contribution >= 0.6 is 19.6 Å². The second-order valence-electron chi connectivity index (χ2n) is 0.0680. The van der Waals surface area contributed by atoms with Gasteiger partial charge < -0.3 is 13.8 Å². The summed E-state index contributed by atoms with van der Waals surface area (Å²) in [5.41, 5.74) is 0. The zero-order valence-electron chi connectivity index (χ0n) is 4.64. The predicted octanol–water partition coefficient (Wildman–Crippen LogP) is 2.97. The van der Waals surface area contributed by atoms with Crippen molar-refractivity contribution in [3.05, 3.63) is 13.8 Å². The Bertz CT molecular complexity index is 30.7. The third-order valence-corrected chi connectivity index (χ3v) is 0. The van der Waals surface area contributed by atoms with Crippen LogP contribution in [0.15, 0.2) is 0 Å². The van der Waals surface area contributed by atoms with Gasteiger partial charge >= 0.3 is 34.6 Å². The number of hydrogen-bond acceptors (Lipinski definition) is 2. The molecule has 0 heterocycles. The van der Waals surface area contributed by atoms with Gasteiger partial charge in [0.1, 0.15) is 0 Å². The molecular formula is C4H10MoS2. The Labute approximate surface area is 62.1 Å². The summed E-state index contributed by atoms with van der Waals surface area (Å²) in [6, 6.07) is 0. The van der Waals surface area contributed by atoms with Crippen LogP contribution in [0, 0.1) is 13.8 Å². The first-order valence-corrected chi connectivity index (χ1v) is 7.33. The first-order chi connectivity index (χ1) is 3.41. The van der Waals surface area contributed by atoms with Crippen LogP contribution in [0.3, 0.4) is 0 Å². The third kappa shape index (κ3) is 147. The Morgan fingerprint density at radius 2 is 1.00 bits per heavy atom. The zero-order chi connectivity index (χ0) is 6.71. The monoisotopic (exact) mass is 220 g/mol. The molecule has 0 amide bonds. The molecule has 0 aromatic rings. The van der Waals surface area contributed by atoms with E-state index in [0.29, 0.717) is 0 Å². The molecule has 0 radical (unpaired) electrons. The van der Waals surface area contributed by atoms with Crippen LogP contribution < -0.4 is 0 Å². The second kappa shape index (κ2) is 59.1. The fourth-order valence-electron chi connectivity index (χ4n) is 0. The average Bonchev–Trinajstić information content (AvgIpc) is 1.78. The fraction of sp³-hybridized carbons (Fsp3) is 0.500. The van der Waals surface area contributed by atoms with Gasteiger partial charge in [0.25, 0.3) is 0 Å². The standard InChI is InChI=1S/2C2H5.Mo.2S/c2*1-2;;;/h2*1H2,2H3;;;/q2*-1;+2;;. The number of hydrogen-bond donors (Lipinski definition) is 0. The van der Waals surface area contributed by atoms with Crippen LogP contribution in [-0.2, 0) is 14.9 Å². The van der Waals surface area contributed by atoms with Gasteiger partial charge in [-0.05, 0) is 0 Å². The SMILES string of the molecule is [CH2-]C.[CH2-]C.[S]=[Mo+2]=[S]. The van der Waals surface area contributed by atoms with Crippen molar-refractivity contribution in [2.75, 3.05) is 0 Å². The molecule has 0 aliphatic carbocycles. The van der Waals surface area contributed by atoms with Crippen LogP contribution in [-0.4, -0.2) is 0 Å². The molecule has 0 N–H and O–H groups in total. The normalized spacial score (nSPS) is 2.86. The van der Waals surface area contributed by atoms with Gasteiger partial charge in [-0.25, -0.2) is 0 Å². The first-order valence-electron chi connectivity index (χ1n) is 1.75. The van der Waals surface area contributed by atoms with Crippen molar-refractivity contribution in [1.82, 2.24) is 0 Å². The first kappa shape index (κ1) is 15.7. The maximum atomic E-state index is 4.34. The van der Waals surface area contributed by atoms with E-state index in [9.17, 15) is 0 Å². The molecule has 0 aliphatic heterocycles. The van der Waals surface area contributed by atoms with E-state index in [1.165, 1.54) is 0 Å². The molecule has 44 valence electrons. The van der Waals surface area contributed by atoms with Gasteiger partial charge in [-0.3, -0.25) is 0 Å². The van der Waals surface area contributed by atoms with Gasteiger partial charge in [-0.2, -0.15) is 13.8 Å². The van der Waals surface area contributed by atoms with Crippen LogP contribution in [0.4, 0.5) is 0 Å². The van der Waals surface area contributed by atoms with E-state index in [2.05, 4.69) is 33.5 Å². The molecule has 0 atom stereocenters. The van der Waals surface area contributed by atoms with Gasteiger partial charge in [0.05, 0.1) is 0 Å². The topological polar surface area (TPSA) is 0 Å². The van der Waals surface area contributed by atoms with E-state index in [1.54, 1.807) is 13.8 Å². The summed E-state index contributed by atoms with van der Waals surface area (Å²) in [4.78, 5) is 0. The molecule has 0 spiro atoms. The van der Waals surface area contributed by atoms with Crippen molar-refractivity contribution in [1.29, 1.82) is 0 Å². The van der Waals surface area contributed by atoms with E-state index < -0.39 is 0 Å². The molecule has 0 aliphatic rings. The van der Waals surface area contributed by atoms with Crippen molar-refractivity contribution < 1.29 is 14.9 Å². The fourth-order valence-corrected chi connectivity index (χ4v) is 0. The summed E-state index contributed by atoms with van der Waals surface area (Å²) >= 11 is -0.363. The van der Waals surface area contributed by atoms with Crippen LogP contribution in [0.1, 0.15) is 13.8 Å². The molecule has 0 unspecified atom stereocenters. The van der Waals surface area contributed by atoms with Crippen molar-refractivity contribution >= 4 is 19.6 Å². The average molecular weight is 218 g/mol. The van der Waals surface area contributed by atoms with Gasteiger partial charge in [0, 0.05) is 0 Å². The maximum absolute atomic E-state index is 4.34. The van der Waals surface area contributed by atoms with Crippen molar-refractivity contribution in [2.45, 2.75) is 13.8 Å². The minimum atomic E-state index is -0.363. The molecule has 7 heavy (non-hydrogen) atoms. The van der Waals surface area contributed by atoms with E-state index in [0.717, 1.165) is 0 Å². The Balaban J connectivity index is -0.0000000360. The molecule has 3 heteroatoms. The van der Waals surface area contributed by atoms with E-state index in [4.69, 9.17) is 0 Å². The molecule has 0 aromatic carbocycles. The second-order valence-corrected chi connectivity index (χ2v) is 3.62. The Morgan fingerprint density at radius 1 is 1.00 bits per heavy atom. The molecule has 0 saturated carbocycles. The summed E-state index contributed by atoms with van der Waals surface area (Å²) in [5.74, 6) is 0. The Morgan fingerprint density at radius 3 is 1.00 bits per heavy atom. The van der Waals surface area contributed by atoms with Crippen molar-refractivity contribution in [3.8, 4) is 0 Å². The van der Waals surface area contributed by atoms with E-state index in [1.807, 2.05) is 0 Å². The molecular weight excluding hydrogens is 208 g/mol. The summed E-state index contributed by atoms with van der Waals surface area (Å²) in [6.45, 7) is 10.0. The molecule has 0 bridgehead atoms. The third-order valence-electron chi connectivity index (χ3n) is 0. The summed E-state index contributed by atoms with van der Waals surface area (Å²) in [5, 5.41) is 0. The van der Waals surface area contributed by atoms with E-state index in [-0.39, 0.29) is 14.9 Å². The summed E-state index contributed by atoms with van der Waals surface area (Å²) in [6.07, 6.45) is 0. The predicted molar refractivity (Wildman–Crippen MR) is 37.2 cm³/mol. The molecule has 0 nitrogen and oxygen atoms in total. The van der Waals surface area contributed by atoms with Crippen LogP contribution in [0.2, 0.25) is 0 Å². The molecule has 0 aromatic heterocycles. The molecule has 0 fully saturated rings. The quantitative estimate of drug-likeness (QED) is 0.453. The number of rotatable bonds is 0. The Hall–Kier alpha value is 1.13. The summed E-state index contributed by atoms with van der Waals surface area (Å²) in [7, 11) is 8.68. The summed E-state index contributed by atoms with van der Waals surface area (Å²) < 4.78 is 0. The van der Waals surface area contributed by atoms with Crippen molar-refractivity contribution in [3.63, 3.8) is 0 Å². The van der Waals surface area contributed by atoms with E-state index >= 15 is 0 Å². The molecule has 0 saturated heterocycles. The minimum absolute atomic E-state index is 0.363. The zero-order valence-corrected chi connectivity index (χ0v) is 8.28. The van der Waals surface area contributed by atoms with Gasteiger partial charge in [0.15, 0.2) is 0 Å². The van der Waals surface area contributed by atoms with Crippen molar-refractivity contribution in [2.24, 2.45) is 0 Å². The van der Waals surface area contributed by atoms with Crippen LogP contribution in [0.25, 0.3) is 0 Å². The van der Waals surface area contributed by atoms with Crippen LogP contribution in [0.5, 0.6) is 0 Å². The van der Waals surface area contributed by atoms with Gasteiger partial charge in [-0.1, -0.05) is 0 Å².